The molecule has 0 amide bonds. The Labute approximate surface area is 137 Å². The smallest absolute Gasteiger partial charge is 0.370 e. The summed E-state index contributed by atoms with van der Waals surface area (Å²) in [4.78, 5) is 0. The van der Waals surface area contributed by atoms with Crippen LogP contribution in [0, 0.1) is 0 Å². The van der Waals surface area contributed by atoms with Crippen LogP contribution in [0.25, 0.3) is 0 Å². The van der Waals surface area contributed by atoms with E-state index in [1.54, 1.807) is 0 Å². The van der Waals surface area contributed by atoms with Crippen molar-refractivity contribution in [1.29, 1.82) is 0 Å². The van der Waals surface area contributed by atoms with Gasteiger partial charge in [-0.1, -0.05) is 58.9 Å². The molecule has 0 aliphatic heterocycles. The first kappa shape index (κ1) is 19.4. The lowest BCUT2D eigenvalue weighted by molar-refractivity contribution is 0.0731. The molecule has 22 heavy (non-hydrogen) atoms. The molecule has 0 heterocycles. The molecule has 0 fully saturated rings. The molecule has 4 heteroatoms. The average molecular weight is 325 g/mol. The van der Waals surface area contributed by atoms with Crippen LogP contribution in [0.1, 0.15) is 65.4 Å². The van der Waals surface area contributed by atoms with Crippen LogP contribution in [0.4, 0.5) is 0 Å². The van der Waals surface area contributed by atoms with E-state index < -0.39 is 8.80 Å². The lowest BCUT2D eigenvalue weighted by Gasteiger charge is -2.30. The highest BCUT2D eigenvalue weighted by Gasteiger charge is 2.43. The van der Waals surface area contributed by atoms with E-state index in [9.17, 15) is 0 Å². The van der Waals surface area contributed by atoms with Gasteiger partial charge in [0.2, 0.25) is 0 Å². The Morgan fingerprint density at radius 3 is 1.77 bits per heavy atom. The van der Waals surface area contributed by atoms with Gasteiger partial charge in [-0.25, -0.2) is 0 Å². The van der Waals surface area contributed by atoms with Gasteiger partial charge >= 0.3 is 8.80 Å². The third kappa shape index (κ3) is 5.50. The van der Waals surface area contributed by atoms with Crippen molar-refractivity contribution < 1.29 is 13.3 Å². The summed E-state index contributed by atoms with van der Waals surface area (Å²) in [5, 5.41) is 1.09. The molecule has 3 nitrogen and oxygen atoms in total. The average Bonchev–Trinajstić information content (AvgIpc) is 2.54. The maximum absolute atomic E-state index is 6.20. The Balaban J connectivity index is 3.15. The largest absolute Gasteiger partial charge is 0.537 e. The number of hydrogen-bond donors (Lipinski definition) is 0. The molecule has 0 aliphatic rings. The minimum Gasteiger partial charge on any atom is -0.370 e. The van der Waals surface area contributed by atoms with Crippen molar-refractivity contribution >= 4 is 14.0 Å². The van der Waals surface area contributed by atoms with Crippen LogP contribution in [0.15, 0.2) is 24.3 Å². The minimum absolute atomic E-state index is 0.482. The lowest BCUT2D eigenvalue weighted by atomic mass is 10.0. The van der Waals surface area contributed by atoms with Crippen LogP contribution in [-0.4, -0.2) is 28.6 Å². The Morgan fingerprint density at radius 1 is 0.864 bits per heavy atom. The molecule has 0 radical (unpaired) electrons. The van der Waals surface area contributed by atoms with Crippen molar-refractivity contribution in [3.8, 4) is 0 Å². The second-order valence-electron chi connectivity index (χ2n) is 5.88. The van der Waals surface area contributed by atoms with Crippen LogP contribution in [0.2, 0.25) is 0 Å². The molecule has 0 N–H and O–H groups in total. The zero-order valence-electron chi connectivity index (χ0n) is 14.9. The van der Waals surface area contributed by atoms with E-state index in [0.717, 1.165) is 24.4 Å². The highest BCUT2D eigenvalue weighted by molar-refractivity contribution is 6.75. The Bertz CT molecular complexity index is 399. The van der Waals surface area contributed by atoms with Crippen molar-refractivity contribution in [3.05, 3.63) is 29.8 Å². The Hall–Kier alpha value is -0.683. The predicted octanol–water partition coefficient (Wildman–Crippen LogP) is 4.24. The highest BCUT2D eigenvalue weighted by Crippen LogP contribution is 2.17. The summed E-state index contributed by atoms with van der Waals surface area (Å²) in [6.45, 7) is 12.8. The van der Waals surface area contributed by atoms with Crippen LogP contribution < -0.4 is 5.19 Å². The first-order valence-electron chi connectivity index (χ1n) is 8.61. The van der Waals surface area contributed by atoms with E-state index in [2.05, 4.69) is 58.9 Å². The third-order valence-electron chi connectivity index (χ3n) is 3.40. The molecule has 1 rings (SSSR count). The summed E-state index contributed by atoms with van der Waals surface area (Å²) < 4.78 is 18.6. The van der Waals surface area contributed by atoms with E-state index in [0.29, 0.717) is 25.7 Å². The summed E-state index contributed by atoms with van der Waals surface area (Å²) in [6, 6.07) is 8.55. The second kappa shape index (κ2) is 10.2. The minimum atomic E-state index is -2.81. The molecule has 0 atom stereocenters. The zero-order chi connectivity index (χ0) is 16.4. The van der Waals surface area contributed by atoms with Gasteiger partial charge in [-0.05, 0) is 30.7 Å². The summed E-state index contributed by atoms with van der Waals surface area (Å²) in [5.41, 5.74) is 1.30. The molecule has 1 aromatic rings. The van der Waals surface area contributed by atoms with Crippen molar-refractivity contribution in [1.82, 2.24) is 0 Å². The first-order chi connectivity index (χ1) is 10.6. The zero-order valence-corrected chi connectivity index (χ0v) is 15.9. The van der Waals surface area contributed by atoms with Crippen LogP contribution in [0.5, 0.6) is 0 Å². The van der Waals surface area contributed by atoms with Gasteiger partial charge in [0.25, 0.3) is 0 Å². The lowest BCUT2D eigenvalue weighted by Crippen LogP contribution is -2.57. The van der Waals surface area contributed by atoms with Gasteiger partial charge in [0, 0.05) is 25.0 Å². The fraction of sp³-hybridized carbons (Fsp3) is 0.667. The molecule has 1 aromatic carbocycles. The van der Waals surface area contributed by atoms with Crippen LogP contribution in [-0.2, 0) is 13.3 Å². The van der Waals surface area contributed by atoms with Crippen LogP contribution >= 0.6 is 0 Å². The summed E-state index contributed by atoms with van der Waals surface area (Å²) in [5.74, 6) is 0.482. The third-order valence-corrected chi connectivity index (χ3v) is 6.17. The molecule has 0 spiro atoms. The Kier molecular flexibility index (Phi) is 8.94. The van der Waals surface area contributed by atoms with E-state index in [-0.39, 0.29) is 0 Å². The molecule has 0 aromatic heterocycles. The SMILES string of the molecule is CCCO[Si](OCCC)(OCCC)c1cccc(C(C)C)c1. The standard InChI is InChI=1S/C18H32O3Si/c1-6-12-19-22(20-13-7-2,21-14-8-3)18-11-9-10-17(15-18)16(4)5/h9-11,15-16H,6-8,12-14H2,1-5H3. The topological polar surface area (TPSA) is 27.7 Å². The van der Waals surface area contributed by atoms with Crippen molar-refractivity contribution in [3.63, 3.8) is 0 Å². The number of benzene rings is 1. The van der Waals surface area contributed by atoms with Gasteiger partial charge in [-0.15, -0.1) is 0 Å². The monoisotopic (exact) mass is 324 g/mol. The summed E-state index contributed by atoms with van der Waals surface area (Å²) in [7, 11) is -2.81. The molecular formula is C18H32O3Si. The van der Waals surface area contributed by atoms with Crippen LogP contribution in [0.3, 0.4) is 0 Å². The van der Waals surface area contributed by atoms with Crippen molar-refractivity contribution in [2.24, 2.45) is 0 Å². The van der Waals surface area contributed by atoms with E-state index in [4.69, 9.17) is 13.3 Å². The molecule has 0 saturated heterocycles. The van der Waals surface area contributed by atoms with E-state index >= 15 is 0 Å². The summed E-state index contributed by atoms with van der Waals surface area (Å²) >= 11 is 0. The molecule has 126 valence electrons. The van der Waals surface area contributed by atoms with Gasteiger partial charge in [-0.2, -0.15) is 0 Å². The quantitative estimate of drug-likeness (QED) is 0.570. The molecule has 0 saturated carbocycles. The van der Waals surface area contributed by atoms with E-state index in [1.165, 1.54) is 5.56 Å². The molecular weight excluding hydrogens is 292 g/mol. The number of rotatable bonds is 11. The Morgan fingerprint density at radius 2 is 1.36 bits per heavy atom. The fourth-order valence-electron chi connectivity index (χ4n) is 2.17. The van der Waals surface area contributed by atoms with Crippen molar-refractivity contribution in [2.75, 3.05) is 19.8 Å². The second-order valence-corrected chi connectivity index (χ2v) is 8.44. The first-order valence-corrected chi connectivity index (χ1v) is 10.3. The van der Waals surface area contributed by atoms with Gasteiger partial charge in [0.15, 0.2) is 0 Å². The van der Waals surface area contributed by atoms with Gasteiger partial charge < -0.3 is 13.3 Å². The van der Waals surface area contributed by atoms with E-state index in [1.807, 2.05) is 0 Å². The summed E-state index contributed by atoms with van der Waals surface area (Å²) in [6.07, 6.45) is 2.89. The maximum atomic E-state index is 6.20. The molecule has 0 bridgehead atoms. The molecule has 0 unspecified atom stereocenters. The van der Waals surface area contributed by atoms with Gasteiger partial charge in [0.05, 0.1) is 0 Å². The maximum Gasteiger partial charge on any atom is 0.537 e. The van der Waals surface area contributed by atoms with Gasteiger partial charge in [0.1, 0.15) is 0 Å². The number of hydrogen-bond acceptors (Lipinski definition) is 3. The van der Waals surface area contributed by atoms with Crippen molar-refractivity contribution in [2.45, 2.75) is 59.8 Å². The van der Waals surface area contributed by atoms with Gasteiger partial charge in [-0.3, -0.25) is 0 Å². The highest BCUT2D eigenvalue weighted by atomic mass is 28.4. The fourth-order valence-corrected chi connectivity index (χ4v) is 4.98. The normalized spacial score (nSPS) is 12.1. The predicted molar refractivity (Wildman–Crippen MR) is 94.6 cm³/mol. The molecule has 0 aliphatic carbocycles.